The minimum Gasteiger partial charge on any atom is -0.0882 e. The van der Waals surface area contributed by atoms with Crippen LogP contribution >= 0.6 is 0 Å². The second-order valence-corrected chi connectivity index (χ2v) is 3.42. The predicted octanol–water partition coefficient (Wildman–Crippen LogP) is 4.20. The van der Waals surface area contributed by atoms with Gasteiger partial charge in [-0.05, 0) is 44.6 Å². The van der Waals surface area contributed by atoms with Gasteiger partial charge in [0.05, 0.1) is 0 Å². The van der Waals surface area contributed by atoms with Crippen LogP contribution < -0.4 is 0 Å². The quantitative estimate of drug-likeness (QED) is 0.484. The van der Waals surface area contributed by atoms with E-state index < -0.39 is 0 Å². The summed E-state index contributed by atoms with van der Waals surface area (Å²) in [5.41, 5.74) is 0. The highest BCUT2D eigenvalue weighted by Crippen LogP contribution is 2.05. The first-order valence-corrected chi connectivity index (χ1v) is 5.35. The Morgan fingerprint density at radius 2 is 1.62 bits per heavy atom. The van der Waals surface area contributed by atoms with Gasteiger partial charge in [-0.1, -0.05) is 36.8 Å². The fourth-order valence-corrected chi connectivity index (χ4v) is 1.40. The van der Waals surface area contributed by atoms with E-state index in [2.05, 4.69) is 36.5 Å². The van der Waals surface area contributed by atoms with Crippen LogP contribution in [0.1, 0.15) is 44.9 Å². The Morgan fingerprint density at radius 1 is 0.769 bits per heavy atom. The molecule has 0 N–H and O–H groups in total. The Kier molecular flexibility index (Phi) is 6.22. The van der Waals surface area contributed by atoms with Gasteiger partial charge < -0.3 is 0 Å². The zero-order chi connectivity index (χ0) is 9.19. The van der Waals surface area contributed by atoms with Crippen molar-refractivity contribution in [3.05, 3.63) is 36.5 Å². The molecule has 0 aliphatic heterocycles. The Bertz CT molecular complexity index is 164. The average molecular weight is 175 g/mol. The summed E-state index contributed by atoms with van der Waals surface area (Å²) in [6.45, 7) is 0. The summed E-state index contributed by atoms with van der Waals surface area (Å²) in [4.78, 5) is 0. The van der Waals surface area contributed by atoms with Crippen LogP contribution in [0.5, 0.6) is 0 Å². The van der Waals surface area contributed by atoms with Crippen LogP contribution in [0.25, 0.3) is 0 Å². The normalized spacial score (nSPS) is 27.7. The van der Waals surface area contributed by atoms with Crippen molar-refractivity contribution in [2.24, 2.45) is 0 Å². The minimum atomic E-state index is 1.05. The maximum absolute atomic E-state index is 3.33. The van der Waals surface area contributed by atoms with E-state index in [1.807, 2.05) is 0 Å². The molecule has 1 radical (unpaired) electrons. The van der Waals surface area contributed by atoms with Crippen LogP contribution in [0.4, 0.5) is 0 Å². The number of allylic oxidation sites excluding steroid dienone is 6. The molecule has 1 rings (SSSR count). The van der Waals surface area contributed by atoms with Gasteiger partial charge in [-0.15, -0.1) is 0 Å². The molecular weight excluding hydrogens is 156 g/mol. The largest absolute Gasteiger partial charge is 0.0882 e. The fraction of sp³-hybridized carbons (Fsp3) is 0.538. The van der Waals surface area contributed by atoms with E-state index in [4.69, 9.17) is 0 Å². The second-order valence-electron chi connectivity index (χ2n) is 3.42. The first-order valence-electron chi connectivity index (χ1n) is 5.35. The molecule has 1 aliphatic carbocycles. The number of hydrogen-bond acceptors (Lipinski definition) is 0. The van der Waals surface area contributed by atoms with Crippen molar-refractivity contribution in [2.45, 2.75) is 44.9 Å². The zero-order valence-electron chi connectivity index (χ0n) is 8.34. The summed E-state index contributed by atoms with van der Waals surface area (Å²) in [5, 5.41) is 0. The molecule has 13 heavy (non-hydrogen) atoms. The molecule has 0 heteroatoms. The molecule has 0 amide bonds. The van der Waals surface area contributed by atoms with E-state index in [1.165, 1.54) is 25.7 Å². The third kappa shape index (κ3) is 6.39. The molecule has 1 aliphatic rings. The molecule has 0 heterocycles. The predicted molar refractivity (Wildman–Crippen MR) is 58.4 cm³/mol. The van der Waals surface area contributed by atoms with Crippen molar-refractivity contribution >= 4 is 0 Å². The maximum Gasteiger partial charge on any atom is -0.0163 e. The molecule has 0 spiro atoms. The molecule has 0 bridgehead atoms. The fourth-order valence-electron chi connectivity index (χ4n) is 1.40. The Balaban J connectivity index is 2.28. The van der Waals surface area contributed by atoms with Gasteiger partial charge in [-0.2, -0.15) is 0 Å². The highest BCUT2D eigenvalue weighted by molar-refractivity contribution is 4.96. The summed E-state index contributed by atoms with van der Waals surface area (Å²) >= 11 is 0. The lowest BCUT2D eigenvalue weighted by Crippen LogP contribution is -1.74. The highest BCUT2D eigenvalue weighted by Gasteiger charge is 1.86. The Morgan fingerprint density at radius 3 is 2.62 bits per heavy atom. The molecule has 0 saturated heterocycles. The van der Waals surface area contributed by atoms with Crippen molar-refractivity contribution in [3.8, 4) is 0 Å². The van der Waals surface area contributed by atoms with E-state index in [0.29, 0.717) is 0 Å². The molecule has 0 aromatic carbocycles. The maximum atomic E-state index is 3.33. The molecule has 0 aromatic heterocycles. The van der Waals surface area contributed by atoms with Crippen LogP contribution in [0, 0.1) is 6.08 Å². The third-order valence-electron chi connectivity index (χ3n) is 2.20. The SMILES string of the molecule is [C]1=C/C/C=C/C/C=C/CCCCC/1. The van der Waals surface area contributed by atoms with Crippen LogP contribution in [-0.4, -0.2) is 0 Å². The lowest BCUT2D eigenvalue weighted by atomic mass is 10.1. The van der Waals surface area contributed by atoms with E-state index in [9.17, 15) is 0 Å². The van der Waals surface area contributed by atoms with Gasteiger partial charge in [0, 0.05) is 0 Å². The Labute approximate surface area is 82.0 Å². The summed E-state index contributed by atoms with van der Waals surface area (Å²) < 4.78 is 0. The minimum absolute atomic E-state index is 1.05. The summed E-state index contributed by atoms with van der Waals surface area (Å²) in [7, 11) is 0. The van der Waals surface area contributed by atoms with Crippen LogP contribution in [0.15, 0.2) is 30.4 Å². The van der Waals surface area contributed by atoms with Gasteiger partial charge in [-0.3, -0.25) is 0 Å². The topological polar surface area (TPSA) is 0 Å². The van der Waals surface area contributed by atoms with Crippen molar-refractivity contribution in [3.63, 3.8) is 0 Å². The van der Waals surface area contributed by atoms with Gasteiger partial charge >= 0.3 is 0 Å². The molecule has 71 valence electrons. The van der Waals surface area contributed by atoms with Crippen molar-refractivity contribution in [1.29, 1.82) is 0 Å². The van der Waals surface area contributed by atoms with Gasteiger partial charge in [0.1, 0.15) is 0 Å². The van der Waals surface area contributed by atoms with Crippen LogP contribution in [0.3, 0.4) is 0 Å². The molecule has 0 unspecified atom stereocenters. The van der Waals surface area contributed by atoms with Crippen molar-refractivity contribution in [2.75, 3.05) is 0 Å². The number of rotatable bonds is 0. The standard InChI is InChI=1S/C13H19/c1-2-4-6-8-10-12-13-11-9-7-5-3-1/h1-2,5-7H,3-4,9-13H2/b2-1+,7-5+,8-6?. The van der Waals surface area contributed by atoms with Crippen LogP contribution in [0.2, 0.25) is 0 Å². The zero-order valence-corrected chi connectivity index (χ0v) is 8.34. The molecule has 0 nitrogen and oxygen atoms in total. The monoisotopic (exact) mass is 175 g/mol. The van der Waals surface area contributed by atoms with Gasteiger partial charge in [-0.25, -0.2) is 0 Å². The molecule has 0 fully saturated rings. The highest BCUT2D eigenvalue weighted by atomic mass is 13.9. The number of hydrogen-bond donors (Lipinski definition) is 0. The third-order valence-corrected chi connectivity index (χ3v) is 2.20. The molecule has 0 saturated carbocycles. The van der Waals surface area contributed by atoms with E-state index in [0.717, 1.165) is 19.3 Å². The van der Waals surface area contributed by atoms with Gasteiger partial charge in [0.25, 0.3) is 0 Å². The summed E-state index contributed by atoms with van der Waals surface area (Å²) in [6, 6.07) is 0. The van der Waals surface area contributed by atoms with Crippen molar-refractivity contribution in [1.82, 2.24) is 0 Å². The average Bonchev–Trinajstić information content (AvgIpc) is 2.18. The first-order chi connectivity index (χ1) is 6.50. The van der Waals surface area contributed by atoms with Gasteiger partial charge in [0.15, 0.2) is 0 Å². The van der Waals surface area contributed by atoms with E-state index in [-0.39, 0.29) is 0 Å². The lowest BCUT2D eigenvalue weighted by Gasteiger charge is -1.93. The van der Waals surface area contributed by atoms with E-state index >= 15 is 0 Å². The molecule has 0 atom stereocenters. The summed E-state index contributed by atoms with van der Waals surface area (Å²) in [5.74, 6) is 0. The Hall–Kier alpha value is -0.780. The molecular formula is C13H19. The van der Waals surface area contributed by atoms with Crippen molar-refractivity contribution < 1.29 is 0 Å². The van der Waals surface area contributed by atoms with Crippen LogP contribution in [-0.2, 0) is 0 Å². The lowest BCUT2D eigenvalue weighted by molar-refractivity contribution is 0.690. The molecule has 0 aromatic rings. The van der Waals surface area contributed by atoms with E-state index in [1.54, 1.807) is 0 Å². The second kappa shape index (κ2) is 7.85. The smallest absolute Gasteiger partial charge is 0.0163 e. The summed E-state index contributed by atoms with van der Waals surface area (Å²) in [6.07, 6.45) is 23.0. The van der Waals surface area contributed by atoms with Gasteiger partial charge in [0.2, 0.25) is 0 Å². The first kappa shape index (κ1) is 10.3.